The molecule has 182 valence electrons. The van der Waals surface area contributed by atoms with Gasteiger partial charge in [-0.15, -0.1) is 0 Å². The van der Waals surface area contributed by atoms with Crippen LogP contribution in [0.15, 0.2) is 24.3 Å². The molecule has 0 aromatic heterocycles. The van der Waals surface area contributed by atoms with E-state index >= 15 is 0 Å². The Bertz CT molecular complexity index is 849. The van der Waals surface area contributed by atoms with E-state index in [0.717, 1.165) is 37.7 Å². The molecular weight excluding hydrogens is 423 g/mol. The van der Waals surface area contributed by atoms with Crippen LogP contribution in [0.25, 0.3) is 0 Å². The highest BCUT2D eigenvalue weighted by Gasteiger charge is 2.42. The van der Waals surface area contributed by atoms with E-state index in [9.17, 15) is 18.8 Å². The van der Waals surface area contributed by atoms with Gasteiger partial charge in [0.25, 0.3) is 0 Å². The van der Waals surface area contributed by atoms with Gasteiger partial charge in [-0.25, -0.2) is 4.39 Å². The SMILES string of the molecule is CCCCC(NC(=O)[C@H](C)NC)C(=O)N1C[C@H](F)CC1C(=O)NC1CCCc2ccccc21. The van der Waals surface area contributed by atoms with Crippen molar-refractivity contribution in [1.82, 2.24) is 20.9 Å². The first-order valence-electron chi connectivity index (χ1n) is 12.2. The molecular formula is C25H37FN4O3. The molecule has 3 amide bonds. The van der Waals surface area contributed by atoms with E-state index in [4.69, 9.17) is 0 Å². The second kappa shape index (κ2) is 11.6. The van der Waals surface area contributed by atoms with Crippen LogP contribution in [0.2, 0.25) is 0 Å². The third kappa shape index (κ3) is 6.10. The van der Waals surface area contributed by atoms with Crippen molar-refractivity contribution < 1.29 is 18.8 Å². The number of nitrogens with one attached hydrogen (secondary N) is 3. The summed E-state index contributed by atoms with van der Waals surface area (Å²) in [6.07, 6.45) is 3.54. The number of carbonyl (C=O) groups is 3. The van der Waals surface area contributed by atoms with Crippen molar-refractivity contribution in [2.24, 2.45) is 0 Å². The van der Waals surface area contributed by atoms with Crippen molar-refractivity contribution in [3.05, 3.63) is 35.4 Å². The number of alkyl halides is 1. The molecule has 33 heavy (non-hydrogen) atoms. The van der Waals surface area contributed by atoms with Crippen molar-refractivity contribution >= 4 is 17.7 Å². The molecule has 7 nitrogen and oxygen atoms in total. The summed E-state index contributed by atoms with van der Waals surface area (Å²) in [4.78, 5) is 40.4. The Balaban J connectivity index is 1.73. The lowest BCUT2D eigenvalue weighted by atomic mass is 9.87. The number of unbranched alkanes of at least 4 members (excludes halogenated alkanes) is 1. The molecule has 1 heterocycles. The number of hydrogen-bond acceptors (Lipinski definition) is 4. The van der Waals surface area contributed by atoms with Gasteiger partial charge < -0.3 is 20.9 Å². The van der Waals surface area contributed by atoms with Gasteiger partial charge in [0.05, 0.1) is 18.6 Å². The van der Waals surface area contributed by atoms with E-state index in [-0.39, 0.29) is 36.7 Å². The smallest absolute Gasteiger partial charge is 0.245 e. The van der Waals surface area contributed by atoms with Gasteiger partial charge >= 0.3 is 0 Å². The molecule has 0 spiro atoms. The number of carbonyl (C=O) groups excluding carboxylic acids is 3. The number of aryl methyl sites for hydroxylation is 1. The van der Waals surface area contributed by atoms with Crippen LogP contribution in [0.1, 0.15) is 69.5 Å². The summed E-state index contributed by atoms with van der Waals surface area (Å²) in [6, 6.07) is 5.81. The maximum Gasteiger partial charge on any atom is 0.245 e. The van der Waals surface area contributed by atoms with Crippen LogP contribution in [0, 0.1) is 0 Å². The van der Waals surface area contributed by atoms with E-state index in [0.29, 0.717) is 6.42 Å². The number of benzene rings is 1. The number of amides is 3. The summed E-state index contributed by atoms with van der Waals surface area (Å²) in [5.74, 6) is -0.999. The number of rotatable bonds is 9. The summed E-state index contributed by atoms with van der Waals surface area (Å²) >= 11 is 0. The van der Waals surface area contributed by atoms with Gasteiger partial charge in [0.2, 0.25) is 17.7 Å². The lowest BCUT2D eigenvalue weighted by molar-refractivity contribution is -0.142. The first-order valence-corrected chi connectivity index (χ1v) is 12.2. The van der Waals surface area contributed by atoms with Crippen LogP contribution in [0.5, 0.6) is 0 Å². The second-order valence-corrected chi connectivity index (χ2v) is 9.21. The Hall–Kier alpha value is -2.48. The molecule has 3 rings (SSSR count). The minimum absolute atomic E-state index is 0.0205. The zero-order valence-electron chi connectivity index (χ0n) is 19.9. The molecule has 1 aliphatic carbocycles. The van der Waals surface area contributed by atoms with Gasteiger partial charge in [-0.05, 0) is 50.8 Å². The predicted molar refractivity (Wildman–Crippen MR) is 125 cm³/mol. The van der Waals surface area contributed by atoms with Crippen molar-refractivity contribution in [1.29, 1.82) is 0 Å². The highest BCUT2D eigenvalue weighted by Crippen LogP contribution is 2.30. The van der Waals surface area contributed by atoms with Crippen LogP contribution in [0.3, 0.4) is 0 Å². The molecule has 3 N–H and O–H groups in total. The zero-order chi connectivity index (χ0) is 24.0. The van der Waals surface area contributed by atoms with Crippen molar-refractivity contribution in [3.63, 3.8) is 0 Å². The molecule has 2 aliphatic rings. The van der Waals surface area contributed by atoms with E-state index in [2.05, 4.69) is 22.0 Å². The first kappa shape index (κ1) is 25.1. The Labute approximate surface area is 195 Å². The summed E-state index contributed by atoms with van der Waals surface area (Å²) < 4.78 is 14.5. The molecule has 1 fully saturated rings. The molecule has 5 atom stereocenters. The minimum atomic E-state index is -1.26. The van der Waals surface area contributed by atoms with Crippen LogP contribution < -0.4 is 16.0 Å². The summed E-state index contributed by atoms with van der Waals surface area (Å²) in [5, 5.41) is 8.74. The van der Waals surface area contributed by atoms with Crippen LogP contribution >= 0.6 is 0 Å². The standard InChI is InChI=1S/C25H37FN4O3/c1-4-5-12-21(29-23(31)16(2)27-3)25(33)30-15-18(26)14-22(30)24(32)28-20-13-8-10-17-9-6-7-11-19(17)20/h6-7,9,11,16,18,20-22,27H,4-5,8,10,12-15H2,1-3H3,(H,28,32)(H,29,31)/t16-,18+,20?,21?,22?/m0/s1. The van der Waals surface area contributed by atoms with Crippen LogP contribution in [-0.2, 0) is 20.8 Å². The molecule has 1 saturated heterocycles. The molecule has 0 radical (unpaired) electrons. The molecule has 1 aromatic carbocycles. The van der Waals surface area contributed by atoms with Gasteiger partial charge in [-0.3, -0.25) is 14.4 Å². The topological polar surface area (TPSA) is 90.5 Å². The van der Waals surface area contributed by atoms with Crippen molar-refractivity contribution in [2.45, 2.75) is 89.1 Å². The Kier molecular flexibility index (Phi) is 8.83. The fourth-order valence-electron chi connectivity index (χ4n) is 4.74. The number of halogens is 1. The number of hydrogen-bond donors (Lipinski definition) is 3. The number of likely N-dealkylation sites (N-methyl/N-ethyl adjacent to an activating group) is 1. The average Bonchev–Trinajstić information content (AvgIpc) is 3.22. The predicted octanol–water partition coefficient (Wildman–Crippen LogP) is 2.40. The maximum atomic E-state index is 14.5. The van der Waals surface area contributed by atoms with Crippen LogP contribution in [0.4, 0.5) is 4.39 Å². The first-order chi connectivity index (χ1) is 15.8. The van der Waals surface area contributed by atoms with Gasteiger partial charge in [0, 0.05) is 6.42 Å². The van der Waals surface area contributed by atoms with Gasteiger partial charge in [0.1, 0.15) is 18.3 Å². The summed E-state index contributed by atoms with van der Waals surface area (Å²) in [6.45, 7) is 3.59. The largest absolute Gasteiger partial charge is 0.347 e. The van der Waals surface area contributed by atoms with E-state index in [1.54, 1.807) is 14.0 Å². The lowest BCUT2D eigenvalue weighted by Crippen LogP contribution is -2.55. The molecule has 3 unspecified atom stereocenters. The minimum Gasteiger partial charge on any atom is -0.347 e. The third-order valence-corrected chi connectivity index (χ3v) is 6.81. The summed E-state index contributed by atoms with van der Waals surface area (Å²) in [7, 11) is 1.67. The van der Waals surface area contributed by atoms with Gasteiger partial charge in [-0.1, -0.05) is 44.0 Å². The van der Waals surface area contributed by atoms with Crippen LogP contribution in [-0.4, -0.2) is 60.5 Å². The Morgan fingerprint density at radius 2 is 2.00 bits per heavy atom. The molecule has 0 saturated carbocycles. The highest BCUT2D eigenvalue weighted by atomic mass is 19.1. The zero-order valence-corrected chi connectivity index (χ0v) is 19.9. The monoisotopic (exact) mass is 460 g/mol. The third-order valence-electron chi connectivity index (χ3n) is 6.81. The molecule has 0 bridgehead atoms. The highest BCUT2D eigenvalue weighted by molar-refractivity contribution is 5.93. The Morgan fingerprint density at radius 1 is 1.24 bits per heavy atom. The maximum absolute atomic E-state index is 14.5. The fourth-order valence-corrected chi connectivity index (χ4v) is 4.74. The second-order valence-electron chi connectivity index (χ2n) is 9.21. The van der Waals surface area contributed by atoms with Gasteiger partial charge in [0.15, 0.2) is 0 Å². The van der Waals surface area contributed by atoms with Crippen molar-refractivity contribution in [3.8, 4) is 0 Å². The average molecular weight is 461 g/mol. The van der Waals surface area contributed by atoms with Crippen molar-refractivity contribution in [2.75, 3.05) is 13.6 Å². The summed E-state index contributed by atoms with van der Waals surface area (Å²) in [5.41, 5.74) is 2.32. The number of likely N-dealkylation sites (tertiary alicyclic amines) is 1. The Morgan fingerprint density at radius 3 is 2.73 bits per heavy atom. The molecule has 8 heteroatoms. The fraction of sp³-hybridized carbons (Fsp3) is 0.640. The van der Waals surface area contributed by atoms with E-state index < -0.39 is 24.3 Å². The quantitative estimate of drug-likeness (QED) is 0.528. The normalized spacial score (nSPS) is 24.0. The lowest BCUT2D eigenvalue weighted by Gasteiger charge is -2.31. The van der Waals surface area contributed by atoms with E-state index in [1.807, 2.05) is 25.1 Å². The van der Waals surface area contributed by atoms with E-state index in [1.165, 1.54) is 10.5 Å². The molecule has 1 aromatic rings. The number of fused-ring (bicyclic) bond motifs is 1. The molecule has 1 aliphatic heterocycles. The number of nitrogens with zero attached hydrogens (tertiary/aromatic N) is 1. The van der Waals surface area contributed by atoms with Gasteiger partial charge in [-0.2, -0.15) is 0 Å².